The van der Waals surface area contributed by atoms with Gasteiger partial charge >= 0.3 is 5.97 Å². The Morgan fingerprint density at radius 1 is 1.32 bits per heavy atom. The summed E-state index contributed by atoms with van der Waals surface area (Å²) in [6, 6.07) is -1.07. The second-order valence-corrected chi connectivity index (χ2v) is 4.94. The molecule has 0 heterocycles. The van der Waals surface area contributed by atoms with E-state index in [0.29, 0.717) is 6.54 Å². The molecule has 7 heteroatoms. The van der Waals surface area contributed by atoms with Gasteiger partial charge in [0, 0.05) is 12.3 Å². The predicted octanol–water partition coefficient (Wildman–Crippen LogP) is -0.804. The Morgan fingerprint density at radius 3 is 2.53 bits per heavy atom. The van der Waals surface area contributed by atoms with E-state index in [9.17, 15) is 14.4 Å². The number of nitrogens with two attached hydrogens (primary N) is 2. The number of carbonyl (C=O) groups is 3. The lowest BCUT2D eigenvalue weighted by Gasteiger charge is -2.20. The average molecular weight is 271 g/mol. The highest BCUT2D eigenvalue weighted by atomic mass is 16.4. The Hall–Kier alpha value is -1.63. The Kier molecular flexibility index (Phi) is 5.75. The van der Waals surface area contributed by atoms with Crippen LogP contribution in [-0.4, -0.2) is 35.5 Å². The van der Waals surface area contributed by atoms with Crippen molar-refractivity contribution in [3.05, 3.63) is 0 Å². The summed E-state index contributed by atoms with van der Waals surface area (Å²) in [5.41, 5.74) is 10.6. The van der Waals surface area contributed by atoms with Crippen molar-refractivity contribution in [3.63, 3.8) is 0 Å². The fourth-order valence-electron chi connectivity index (χ4n) is 2.49. The molecule has 0 saturated heterocycles. The smallest absolute Gasteiger partial charge is 0.326 e. The molecule has 0 radical (unpaired) electrons. The van der Waals surface area contributed by atoms with Crippen LogP contribution >= 0.6 is 0 Å². The zero-order chi connectivity index (χ0) is 14.4. The molecule has 1 aliphatic rings. The van der Waals surface area contributed by atoms with Crippen LogP contribution in [0.3, 0.4) is 0 Å². The molecule has 3 atom stereocenters. The first-order valence-electron chi connectivity index (χ1n) is 6.47. The summed E-state index contributed by atoms with van der Waals surface area (Å²) in [6.45, 7) is 0.428. The normalized spacial score (nSPS) is 23.8. The first-order valence-corrected chi connectivity index (χ1v) is 6.47. The van der Waals surface area contributed by atoms with Gasteiger partial charge in [0.2, 0.25) is 11.8 Å². The zero-order valence-corrected chi connectivity index (χ0v) is 10.8. The maximum atomic E-state index is 12.0. The summed E-state index contributed by atoms with van der Waals surface area (Å²) in [4.78, 5) is 33.7. The van der Waals surface area contributed by atoms with Crippen LogP contribution in [0.1, 0.15) is 32.1 Å². The van der Waals surface area contributed by atoms with E-state index in [1.165, 1.54) is 0 Å². The zero-order valence-electron chi connectivity index (χ0n) is 10.8. The lowest BCUT2D eigenvalue weighted by atomic mass is 9.95. The highest BCUT2D eigenvalue weighted by Gasteiger charge is 2.33. The Labute approximate surface area is 111 Å². The average Bonchev–Trinajstić information content (AvgIpc) is 2.81. The van der Waals surface area contributed by atoms with Crippen molar-refractivity contribution in [1.29, 1.82) is 0 Å². The molecular formula is C12H21N3O4. The number of rotatable bonds is 7. The standard InChI is InChI=1S/C12H21N3O4/c13-6-7-2-1-3-8(7)11(17)15-9(12(18)19)4-5-10(14)16/h7-9H,1-6,13H2,(H2,14,16)(H,15,17)(H,18,19)/t7?,8?,9-/m1/s1. The molecule has 1 aliphatic carbocycles. The van der Waals surface area contributed by atoms with Crippen molar-refractivity contribution >= 4 is 17.8 Å². The molecule has 2 unspecified atom stereocenters. The number of carbonyl (C=O) groups excluding carboxylic acids is 2. The summed E-state index contributed by atoms with van der Waals surface area (Å²) in [5.74, 6) is -2.13. The van der Waals surface area contributed by atoms with Crippen molar-refractivity contribution in [2.24, 2.45) is 23.3 Å². The van der Waals surface area contributed by atoms with E-state index in [0.717, 1.165) is 19.3 Å². The molecule has 6 N–H and O–H groups in total. The molecule has 1 rings (SSSR count). The van der Waals surface area contributed by atoms with Gasteiger partial charge < -0.3 is 21.9 Å². The van der Waals surface area contributed by atoms with Gasteiger partial charge in [-0.1, -0.05) is 6.42 Å². The minimum atomic E-state index is -1.16. The molecule has 0 bridgehead atoms. The molecule has 0 aromatic heterocycles. The van der Waals surface area contributed by atoms with Gasteiger partial charge in [-0.15, -0.1) is 0 Å². The monoisotopic (exact) mass is 271 g/mol. The topological polar surface area (TPSA) is 136 Å². The van der Waals surface area contributed by atoms with E-state index in [-0.39, 0.29) is 30.6 Å². The van der Waals surface area contributed by atoms with Gasteiger partial charge in [-0.25, -0.2) is 4.79 Å². The molecule has 108 valence electrons. The number of nitrogens with one attached hydrogen (secondary N) is 1. The summed E-state index contributed by atoms with van der Waals surface area (Å²) in [6.07, 6.45) is 2.50. The van der Waals surface area contributed by atoms with Gasteiger partial charge in [0.1, 0.15) is 6.04 Å². The van der Waals surface area contributed by atoms with Gasteiger partial charge in [-0.05, 0) is 31.7 Å². The van der Waals surface area contributed by atoms with Crippen molar-refractivity contribution in [1.82, 2.24) is 5.32 Å². The van der Waals surface area contributed by atoms with Crippen LogP contribution in [0.2, 0.25) is 0 Å². The predicted molar refractivity (Wildman–Crippen MR) is 67.9 cm³/mol. The van der Waals surface area contributed by atoms with E-state index < -0.39 is 17.9 Å². The number of carboxylic acids is 1. The highest BCUT2D eigenvalue weighted by molar-refractivity contribution is 5.85. The fraction of sp³-hybridized carbons (Fsp3) is 0.750. The van der Waals surface area contributed by atoms with Gasteiger partial charge in [0.15, 0.2) is 0 Å². The van der Waals surface area contributed by atoms with Gasteiger partial charge in [-0.2, -0.15) is 0 Å². The number of hydrogen-bond acceptors (Lipinski definition) is 4. The third-order valence-electron chi connectivity index (χ3n) is 3.59. The fourth-order valence-corrected chi connectivity index (χ4v) is 2.49. The van der Waals surface area contributed by atoms with E-state index >= 15 is 0 Å². The summed E-state index contributed by atoms with van der Waals surface area (Å²) < 4.78 is 0. The lowest BCUT2D eigenvalue weighted by Crippen LogP contribution is -2.45. The van der Waals surface area contributed by atoms with E-state index in [4.69, 9.17) is 16.6 Å². The Balaban J connectivity index is 2.55. The van der Waals surface area contributed by atoms with Crippen molar-refractivity contribution in [2.45, 2.75) is 38.1 Å². The molecule has 19 heavy (non-hydrogen) atoms. The highest BCUT2D eigenvalue weighted by Crippen LogP contribution is 2.31. The minimum Gasteiger partial charge on any atom is -0.480 e. The van der Waals surface area contributed by atoms with Crippen LogP contribution in [0.25, 0.3) is 0 Å². The van der Waals surface area contributed by atoms with E-state index in [1.807, 2.05) is 0 Å². The SMILES string of the molecule is NCC1CCCC1C(=O)N[C@H](CCC(N)=O)C(=O)O. The number of aliphatic carboxylic acids is 1. The van der Waals surface area contributed by atoms with Crippen LogP contribution in [0, 0.1) is 11.8 Å². The summed E-state index contributed by atoms with van der Waals surface area (Å²) in [5, 5.41) is 11.5. The van der Waals surface area contributed by atoms with Crippen LogP contribution < -0.4 is 16.8 Å². The molecule has 0 spiro atoms. The van der Waals surface area contributed by atoms with E-state index in [1.54, 1.807) is 0 Å². The number of primary amides is 1. The molecule has 1 saturated carbocycles. The molecular weight excluding hydrogens is 250 g/mol. The third kappa shape index (κ3) is 4.51. The van der Waals surface area contributed by atoms with Gasteiger partial charge in [-0.3, -0.25) is 9.59 Å². The molecule has 0 aromatic rings. The van der Waals surface area contributed by atoms with Crippen molar-refractivity contribution in [2.75, 3.05) is 6.54 Å². The van der Waals surface area contributed by atoms with Crippen LogP contribution in [-0.2, 0) is 14.4 Å². The van der Waals surface area contributed by atoms with Crippen molar-refractivity contribution in [3.8, 4) is 0 Å². The Morgan fingerprint density at radius 2 is 2.00 bits per heavy atom. The molecule has 7 nitrogen and oxygen atoms in total. The van der Waals surface area contributed by atoms with Gasteiger partial charge in [0.05, 0.1) is 0 Å². The first-order chi connectivity index (χ1) is 8.95. The number of carboxylic acid groups (broad SMARTS) is 1. The number of amides is 2. The molecule has 1 fully saturated rings. The summed E-state index contributed by atoms with van der Waals surface area (Å²) in [7, 11) is 0. The maximum absolute atomic E-state index is 12.0. The minimum absolute atomic E-state index is 0.0103. The van der Waals surface area contributed by atoms with Crippen LogP contribution in [0.5, 0.6) is 0 Å². The third-order valence-corrected chi connectivity index (χ3v) is 3.59. The maximum Gasteiger partial charge on any atom is 0.326 e. The largest absolute Gasteiger partial charge is 0.480 e. The number of hydrogen-bond donors (Lipinski definition) is 4. The summed E-state index contributed by atoms with van der Waals surface area (Å²) >= 11 is 0. The molecule has 0 aliphatic heterocycles. The second-order valence-electron chi connectivity index (χ2n) is 4.94. The quantitative estimate of drug-likeness (QED) is 0.480. The molecule has 2 amide bonds. The Bertz CT molecular complexity index is 359. The molecule has 0 aromatic carbocycles. The second kappa shape index (κ2) is 7.08. The van der Waals surface area contributed by atoms with Crippen LogP contribution in [0.15, 0.2) is 0 Å². The first kappa shape index (κ1) is 15.4. The van der Waals surface area contributed by atoms with E-state index in [2.05, 4.69) is 5.32 Å². The van der Waals surface area contributed by atoms with Crippen molar-refractivity contribution < 1.29 is 19.5 Å². The van der Waals surface area contributed by atoms with Gasteiger partial charge in [0.25, 0.3) is 0 Å². The van der Waals surface area contributed by atoms with Crippen LogP contribution in [0.4, 0.5) is 0 Å². The lowest BCUT2D eigenvalue weighted by molar-refractivity contribution is -0.143.